The van der Waals surface area contributed by atoms with Gasteiger partial charge >= 0.3 is 0 Å². The third-order valence-corrected chi connectivity index (χ3v) is 7.87. The fourth-order valence-corrected chi connectivity index (χ4v) is 6.67. The van der Waals surface area contributed by atoms with E-state index in [-0.39, 0.29) is 0 Å². The molecule has 3 fully saturated rings. The van der Waals surface area contributed by atoms with E-state index in [2.05, 4.69) is 37.9 Å². The van der Waals surface area contributed by atoms with Gasteiger partial charge in [0.2, 0.25) is 0 Å². The van der Waals surface area contributed by atoms with Crippen LogP contribution in [0.15, 0.2) is 0 Å². The van der Waals surface area contributed by atoms with Crippen LogP contribution in [0, 0.1) is 22.7 Å². The van der Waals surface area contributed by atoms with Crippen LogP contribution in [0.1, 0.15) is 98.3 Å². The fourth-order valence-electron chi connectivity index (χ4n) is 6.67. The first-order valence-corrected chi connectivity index (χ1v) is 11.9. The molecular formula is C24H46N2. The summed E-state index contributed by atoms with van der Waals surface area (Å²) in [5, 5.41) is 3.84. The second-order valence-corrected chi connectivity index (χ2v) is 10.8. The van der Waals surface area contributed by atoms with Crippen LogP contribution in [0.5, 0.6) is 0 Å². The van der Waals surface area contributed by atoms with E-state index in [9.17, 15) is 0 Å². The lowest BCUT2D eigenvalue weighted by molar-refractivity contribution is -0.150. The van der Waals surface area contributed by atoms with Crippen molar-refractivity contribution in [3.63, 3.8) is 0 Å². The van der Waals surface area contributed by atoms with E-state index in [0.29, 0.717) is 0 Å². The zero-order valence-corrected chi connectivity index (χ0v) is 18.3. The molecule has 0 bridgehead atoms. The summed E-state index contributed by atoms with van der Waals surface area (Å²) in [4.78, 5) is 2.72. The van der Waals surface area contributed by atoms with Crippen molar-refractivity contribution < 1.29 is 0 Å². The minimum absolute atomic E-state index is 0.768. The van der Waals surface area contributed by atoms with Crippen molar-refractivity contribution in [2.45, 2.75) is 104 Å². The molecule has 0 radical (unpaired) electrons. The van der Waals surface area contributed by atoms with Crippen molar-refractivity contribution in [3.05, 3.63) is 0 Å². The maximum Gasteiger partial charge on any atom is 0.00644 e. The minimum Gasteiger partial charge on any atom is -0.314 e. The largest absolute Gasteiger partial charge is 0.314 e. The number of unbranched alkanes of at least 4 members (excludes halogenated alkanes) is 1. The lowest BCUT2D eigenvalue weighted by atomic mass is 9.40. The van der Waals surface area contributed by atoms with Gasteiger partial charge in [0.15, 0.2) is 0 Å². The van der Waals surface area contributed by atoms with E-state index in [1.54, 1.807) is 25.7 Å². The first-order chi connectivity index (χ1) is 12.5. The van der Waals surface area contributed by atoms with Crippen LogP contribution in [-0.4, -0.2) is 37.1 Å². The average molecular weight is 363 g/mol. The first kappa shape index (κ1) is 20.6. The summed E-state index contributed by atoms with van der Waals surface area (Å²) < 4.78 is 0. The van der Waals surface area contributed by atoms with Crippen LogP contribution in [0.2, 0.25) is 0 Å². The second-order valence-electron chi connectivity index (χ2n) is 10.8. The summed E-state index contributed by atoms with van der Waals surface area (Å²) in [5.74, 6) is 1.86. The maximum absolute atomic E-state index is 3.84. The topological polar surface area (TPSA) is 15.3 Å². The number of likely N-dealkylation sites (tertiary alicyclic amines) is 1. The SMILES string of the molecule is CCCCC(CC)NCCC1CC2(C1)CC1(CCN(CC(C)C)CC1)C2. The lowest BCUT2D eigenvalue weighted by Gasteiger charge is -2.66. The van der Waals surface area contributed by atoms with Crippen molar-refractivity contribution >= 4 is 0 Å². The quantitative estimate of drug-likeness (QED) is 0.523. The highest BCUT2D eigenvalue weighted by molar-refractivity contribution is 5.10. The van der Waals surface area contributed by atoms with Crippen molar-refractivity contribution in [1.29, 1.82) is 0 Å². The van der Waals surface area contributed by atoms with Crippen LogP contribution in [0.3, 0.4) is 0 Å². The van der Waals surface area contributed by atoms with E-state index < -0.39 is 0 Å². The molecular weight excluding hydrogens is 316 g/mol. The molecule has 1 unspecified atom stereocenters. The van der Waals surface area contributed by atoms with Gasteiger partial charge in [0, 0.05) is 12.6 Å². The average Bonchev–Trinajstić information content (AvgIpc) is 2.55. The molecule has 3 rings (SSSR count). The molecule has 2 spiro atoms. The molecule has 2 heteroatoms. The first-order valence-electron chi connectivity index (χ1n) is 11.9. The monoisotopic (exact) mass is 362 g/mol. The zero-order chi connectivity index (χ0) is 18.6. The van der Waals surface area contributed by atoms with Crippen molar-refractivity contribution in [3.8, 4) is 0 Å². The molecule has 1 heterocycles. The summed E-state index contributed by atoms with van der Waals surface area (Å²) in [7, 11) is 0. The standard InChI is InChI=1S/C24H46N2/c1-5-7-8-22(6-2)25-12-9-21-15-24(16-21)18-23(19-24)10-13-26(14-11-23)17-20(3)4/h20-22,25H,5-19H2,1-4H3. The Bertz CT molecular complexity index is 406. The summed E-state index contributed by atoms with van der Waals surface area (Å²) in [5.41, 5.74) is 1.57. The molecule has 2 saturated carbocycles. The Hall–Kier alpha value is -0.0800. The zero-order valence-electron chi connectivity index (χ0n) is 18.3. The Labute approximate surface area is 163 Å². The Morgan fingerprint density at radius 1 is 1.04 bits per heavy atom. The summed E-state index contributed by atoms with van der Waals surface area (Å²) in [6, 6.07) is 0.770. The van der Waals surface area contributed by atoms with Gasteiger partial charge in [-0.2, -0.15) is 0 Å². The molecule has 0 aromatic rings. The van der Waals surface area contributed by atoms with Gasteiger partial charge in [0.25, 0.3) is 0 Å². The number of rotatable bonds is 10. The lowest BCUT2D eigenvalue weighted by Crippen LogP contribution is -2.57. The van der Waals surface area contributed by atoms with Gasteiger partial charge in [-0.3, -0.25) is 0 Å². The summed E-state index contributed by atoms with van der Waals surface area (Å²) in [6.07, 6.45) is 16.1. The van der Waals surface area contributed by atoms with Crippen LogP contribution < -0.4 is 5.32 Å². The predicted molar refractivity (Wildman–Crippen MR) is 114 cm³/mol. The molecule has 0 amide bonds. The van der Waals surface area contributed by atoms with Gasteiger partial charge in [-0.1, -0.05) is 40.5 Å². The van der Waals surface area contributed by atoms with Crippen molar-refractivity contribution in [2.75, 3.05) is 26.2 Å². The van der Waals surface area contributed by atoms with Crippen molar-refractivity contribution in [1.82, 2.24) is 10.2 Å². The van der Waals surface area contributed by atoms with E-state index in [0.717, 1.165) is 28.7 Å². The van der Waals surface area contributed by atoms with Gasteiger partial charge in [-0.05, 0) is 100 Å². The molecule has 1 atom stereocenters. The molecule has 2 aliphatic carbocycles. The minimum atomic E-state index is 0.768. The Morgan fingerprint density at radius 2 is 1.73 bits per heavy atom. The second kappa shape index (κ2) is 8.95. The van der Waals surface area contributed by atoms with Crippen molar-refractivity contribution in [2.24, 2.45) is 22.7 Å². The number of nitrogens with zero attached hydrogens (tertiary/aromatic N) is 1. The molecule has 3 aliphatic rings. The highest BCUT2D eigenvalue weighted by atomic mass is 15.1. The number of hydrogen-bond donors (Lipinski definition) is 1. The third-order valence-electron chi connectivity index (χ3n) is 7.87. The predicted octanol–water partition coefficient (Wildman–Crippen LogP) is 5.86. The van der Waals surface area contributed by atoms with Crippen LogP contribution >= 0.6 is 0 Å². The number of piperidine rings is 1. The molecule has 152 valence electrons. The van der Waals surface area contributed by atoms with E-state index >= 15 is 0 Å². The molecule has 26 heavy (non-hydrogen) atoms. The van der Waals surface area contributed by atoms with Crippen LogP contribution in [0.4, 0.5) is 0 Å². The van der Waals surface area contributed by atoms with Gasteiger partial charge in [-0.25, -0.2) is 0 Å². The molecule has 1 N–H and O–H groups in total. The highest BCUT2D eigenvalue weighted by Gasteiger charge is 2.59. The highest BCUT2D eigenvalue weighted by Crippen LogP contribution is 2.69. The van der Waals surface area contributed by atoms with Crippen LogP contribution in [0.25, 0.3) is 0 Å². The Morgan fingerprint density at radius 3 is 2.31 bits per heavy atom. The number of nitrogens with one attached hydrogen (secondary N) is 1. The van der Waals surface area contributed by atoms with E-state index in [1.165, 1.54) is 71.1 Å². The Kier molecular flexibility index (Phi) is 7.11. The van der Waals surface area contributed by atoms with Gasteiger partial charge < -0.3 is 10.2 Å². The third kappa shape index (κ3) is 5.04. The van der Waals surface area contributed by atoms with Crippen LogP contribution in [-0.2, 0) is 0 Å². The van der Waals surface area contributed by atoms with E-state index in [4.69, 9.17) is 0 Å². The molecule has 0 aromatic heterocycles. The van der Waals surface area contributed by atoms with E-state index in [1.807, 2.05) is 0 Å². The normalized spacial score (nSPS) is 26.2. The Balaban J connectivity index is 1.28. The molecule has 2 nitrogen and oxygen atoms in total. The maximum atomic E-state index is 3.84. The molecule has 0 aromatic carbocycles. The van der Waals surface area contributed by atoms with Gasteiger partial charge in [-0.15, -0.1) is 0 Å². The van der Waals surface area contributed by atoms with Gasteiger partial charge in [0.05, 0.1) is 0 Å². The van der Waals surface area contributed by atoms with Gasteiger partial charge in [0.1, 0.15) is 0 Å². The summed E-state index contributed by atoms with van der Waals surface area (Å²) in [6.45, 7) is 14.7. The number of hydrogen-bond acceptors (Lipinski definition) is 2. The fraction of sp³-hybridized carbons (Fsp3) is 1.00. The smallest absolute Gasteiger partial charge is 0.00644 e. The molecule has 1 saturated heterocycles. The summed E-state index contributed by atoms with van der Waals surface area (Å²) >= 11 is 0. The molecule has 1 aliphatic heterocycles.